The molecule has 2 heterocycles. The first-order chi connectivity index (χ1) is 14.7. The first-order valence-corrected chi connectivity index (χ1v) is 10.7. The minimum atomic E-state index is -0.248. The molecule has 0 unspecified atom stereocenters. The average molecular weight is 419 g/mol. The maximum absolute atomic E-state index is 12.3. The topological polar surface area (TPSA) is 90.6 Å². The SMILES string of the molecule is O=C(Cc1cc(=O)[nH]c(SCc2ccccc2)n1)NCCc1c[nH]c2ccccc12. The zero-order valence-corrected chi connectivity index (χ0v) is 17.2. The lowest BCUT2D eigenvalue weighted by atomic mass is 10.1. The molecule has 2 aromatic heterocycles. The van der Waals surface area contributed by atoms with Gasteiger partial charge in [0.15, 0.2) is 5.16 Å². The van der Waals surface area contributed by atoms with Gasteiger partial charge in [-0.25, -0.2) is 4.98 Å². The Morgan fingerprint density at radius 3 is 2.73 bits per heavy atom. The number of benzene rings is 2. The highest BCUT2D eigenvalue weighted by atomic mass is 32.2. The summed E-state index contributed by atoms with van der Waals surface area (Å²) in [7, 11) is 0. The zero-order valence-electron chi connectivity index (χ0n) is 16.4. The molecule has 0 spiro atoms. The van der Waals surface area contributed by atoms with Crippen LogP contribution in [0.25, 0.3) is 10.9 Å². The van der Waals surface area contributed by atoms with Crippen LogP contribution >= 0.6 is 11.8 Å². The van der Waals surface area contributed by atoms with Crippen molar-refractivity contribution in [3.63, 3.8) is 0 Å². The Balaban J connectivity index is 1.31. The van der Waals surface area contributed by atoms with E-state index in [0.717, 1.165) is 17.5 Å². The number of aromatic amines is 2. The van der Waals surface area contributed by atoms with Crippen LogP contribution in [0, 0.1) is 0 Å². The summed E-state index contributed by atoms with van der Waals surface area (Å²) in [5.41, 5.74) is 3.62. The molecule has 3 N–H and O–H groups in total. The Labute approximate surface area is 178 Å². The number of rotatable bonds is 8. The van der Waals surface area contributed by atoms with E-state index in [9.17, 15) is 9.59 Å². The summed E-state index contributed by atoms with van der Waals surface area (Å²) in [6.45, 7) is 0.527. The number of aromatic nitrogens is 3. The Morgan fingerprint density at radius 2 is 1.87 bits per heavy atom. The van der Waals surface area contributed by atoms with Crippen LogP contribution in [0.5, 0.6) is 0 Å². The largest absolute Gasteiger partial charge is 0.361 e. The first-order valence-electron chi connectivity index (χ1n) is 9.76. The van der Waals surface area contributed by atoms with Gasteiger partial charge in [0.2, 0.25) is 5.91 Å². The summed E-state index contributed by atoms with van der Waals surface area (Å²) in [5.74, 6) is 0.552. The van der Waals surface area contributed by atoms with Crippen LogP contribution < -0.4 is 10.9 Å². The Hall–Kier alpha value is -3.32. The molecule has 0 aliphatic carbocycles. The molecule has 2 aromatic carbocycles. The van der Waals surface area contributed by atoms with Crippen molar-refractivity contribution < 1.29 is 4.79 Å². The normalized spacial score (nSPS) is 10.9. The molecular formula is C23H22N4O2S. The lowest BCUT2D eigenvalue weighted by Gasteiger charge is -2.06. The second kappa shape index (κ2) is 9.45. The summed E-state index contributed by atoms with van der Waals surface area (Å²) in [6, 6.07) is 19.4. The number of para-hydroxylation sites is 1. The third kappa shape index (κ3) is 5.18. The van der Waals surface area contributed by atoms with Crippen LogP contribution in [0.4, 0.5) is 0 Å². The van der Waals surface area contributed by atoms with Crippen molar-refractivity contribution in [1.29, 1.82) is 0 Å². The van der Waals surface area contributed by atoms with E-state index in [1.54, 1.807) is 0 Å². The van der Waals surface area contributed by atoms with Gasteiger partial charge in [-0.05, 0) is 23.6 Å². The van der Waals surface area contributed by atoms with E-state index in [1.807, 2.05) is 54.7 Å². The van der Waals surface area contributed by atoms with Gasteiger partial charge in [-0.1, -0.05) is 60.3 Å². The van der Waals surface area contributed by atoms with Crippen molar-refractivity contribution >= 4 is 28.6 Å². The van der Waals surface area contributed by atoms with Gasteiger partial charge < -0.3 is 15.3 Å². The number of amides is 1. The third-order valence-corrected chi connectivity index (χ3v) is 5.67. The van der Waals surface area contributed by atoms with Crippen molar-refractivity contribution in [1.82, 2.24) is 20.3 Å². The molecule has 4 rings (SSSR count). The fourth-order valence-electron chi connectivity index (χ4n) is 3.27. The van der Waals surface area contributed by atoms with Gasteiger partial charge in [0.25, 0.3) is 5.56 Å². The van der Waals surface area contributed by atoms with E-state index in [0.29, 0.717) is 23.1 Å². The number of carbonyl (C=O) groups excluding carboxylic acids is 1. The van der Waals surface area contributed by atoms with E-state index in [2.05, 4.69) is 26.3 Å². The number of fused-ring (bicyclic) bond motifs is 1. The number of nitrogens with one attached hydrogen (secondary N) is 3. The summed E-state index contributed by atoms with van der Waals surface area (Å²) in [4.78, 5) is 34.7. The summed E-state index contributed by atoms with van der Waals surface area (Å²) < 4.78 is 0. The van der Waals surface area contributed by atoms with E-state index in [1.165, 1.54) is 28.8 Å². The summed E-state index contributed by atoms with van der Waals surface area (Å²) in [6.07, 6.45) is 2.79. The monoisotopic (exact) mass is 418 g/mol. The Bertz CT molecular complexity index is 1200. The van der Waals surface area contributed by atoms with Gasteiger partial charge in [-0.2, -0.15) is 0 Å². The van der Waals surface area contributed by atoms with Crippen LogP contribution in [-0.2, 0) is 23.4 Å². The molecule has 0 saturated carbocycles. The number of carbonyl (C=O) groups is 1. The van der Waals surface area contributed by atoms with Crippen molar-refractivity contribution in [3.8, 4) is 0 Å². The molecule has 0 radical (unpaired) electrons. The fraction of sp³-hybridized carbons (Fsp3) is 0.174. The number of hydrogen-bond acceptors (Lipinski definition) is 4. The molecule has 6 nitrogen and oxygen atoms in total. The van der Waals surface area contributed by atoms with E-state index in [-0.39, 0.29) is 17.9 Å². The Morgan fingerprint density at radius 1 is 1.07 bits per heavy atom. The maximum Gasteiger partial charge on any atom is 0.251 e. The molecule has 0 aliphatic heterocycles. The molecule has 0 saturated heterocycles. The highest BCUT2D eigenvalue weighted by Crippen LogP contribution is 2.19. The number of hydrogen-bond donors (Lipinski definition) is 3. The number of nitrogens with zero attached hydrogens (tertiary/aromatic N) is 1. The molecule has 0 bridgehead atoms. The van der Waals surface area contributed by atoms with Crippen molar-refractivity contribution in [2.45, 2.75) is 23.8 Å². The molecule has 30 heavy (non-hydrogen) atoms. The predicted octanol–water partition coefficient (Wildman–Crippen LogP) is 3.44. The third-order valence-electron chi connectivity index (χ3n) is 4.72. The number of thioether (sulfide) groups is 1. The first kappa shape index (κ1) is 20.0. The van der Waals surface area contributed by atoms with Crippen LogP contribution in [0.3, 0.4) is 0 Å². The highest BCUT2D eigenvalue weighted by molar-refractivity contribution is 7.98. The van der Waals surface area contributed by atoms with Gasteiger partial charge in [-0.3, -0.25) is 9.59 Å². The quantitative estimate of drug-likeness (QED) is 0.302. The van der Waals surface area contributed by atoms with Crippen LogP contribution in [0.15, 0.2) is 76.8 Å². The molecule has 4 aromatic rings. The zero-order chi connectivity index (χ0) is 20.8. The predicted molar refractivity (Wildman–Crippen MR) is 120 cm³/mol. The summed E-state index contributed by atoms with van der Waals surface area (Å²) >= 11 is 1.44. The minimum Gasteiger partial charge on any atom is -0.361 e. The van der Waals surface area contributed by atoms with Crippen molar-refractivity contribution in [2.24, 2.45) is 0 Å². The molecule has 0 atom stereocenters. The molecule has 0 aliphatic rings. The molecule has 152 valence electrons. The smallest absolute Gasteiger partial charge is 0.251 e. The molecular weight excluding hydrogens is 396 g/mol. The van der Waals surface area contributed by atoms with Gasteiger partial charge >= 0.3 is 0 Å². The average Bonchev–Trinajstić information content (AvgIpc) is 3.16. The van der Waals surface area contributed by atoms with Crippen molar-refractivity contribution in [2.75, 3.05) is 6.54 Å². The number of H-pyrrole nitrogens is 2. The van der Waals surface area contributed by atoms with Gasteiger partial charge in [0, 0.05) is 35.5 Å². The van der Waals surface area contributed by atoms with Crippen molar-refractivity contribution in [3.05, 3.63) is 94.0 Å². The van der Waals surface area contributed by atoms with Gasteiger partial charge in [0.1, 0.15) is 0 Å². The molecule has 0 fully saturated rings. The summed E-state index contributed by atoms with van der Waals surface area (Å²) in [5, 5.41) is 4.61. The lowest BCUT2D eigenvalue weighted by molar-refractivity contribution is -0.120. The lowest BCUT2D eigenvalue weighted by Crippen LogP contribution is -2.28. The standard InChI is InChI=1S/C23H22N4O2S/c28-21(24-11-10-17-14-25-20-9-5-4-8-19(17)20)12-18-13-22(29)27-23(26-18)30-15-16-6-2-1-3-7-16/h1-9,13-14,25H,10-12,15H2,(H,24,28)(H,26,27,29). The van der Waals surface area contributed by atoms with Crippen LogP contribution in [-0.4, -0.2) is 27.4 Å². The van der Waals surface area contributed by atoms with E-state index < -0.39 is 0 Å². The van der Waals surface area contributed by atoms with Gasteiger partial charge in [0.05, 0.1) is 12.1 Å². The second-order valence-electron chi connectivity index (χ2n) is 6.95. The second-order valence-corrected chi connectivity index (χ2v) is 7.92. The Kier molecular flexibility index (Phi) is 6.29. The highest BCUT2D eigenvalue weighted by Gasteiger charge is 2.09. The van der Waals surface area contributed by atoms with Crippen LogP contribution in [0.2, 0.25) is 0 Å². The van der Waals surface area contributed by atoms with E-state index >= 15 is 0 Å². The minimum absolute atomic E-state index is 0.0801. The fourth-order valence-corrected chi connectivity index (χ4v) is 4.12. The maximum atomic E-state index is 12.3. The van der Waals surface area contributed by atoms with Crippen LogP contribution in [0.1, 0.15) is 16.8 Å². The molecule has 1 amide bonds. The van der Waals surface area contributed by atoms with Gasteiger partial charge in [-0.15, -0.1) is 0 Å². The molecule has 7 heteroatoms. The van der Waals surface area contributed by atoms with E-state index in [4.69, 9.17) is 0 Å².